The Labute approximate surface area is 174 Å². The molecule has 28 heavy (non-hydrogen) atoms. The predicted molar refractivity (Wildman–Crippen MR) is 115 cm³/mol. The molecule has 2 aliphatic rings. The fraction of sp³-hybridized carbons (Fsp3) is 0.619. The highest BCUT2D eigenvalue weighted by Gasteiger charge is 2.38. The lowest BCUT2D eigenvalue weighted by Crippen LogP contribution is -2.44. The smallest absolute Gasteiger partial charge is 0.319 e. The minimum absolute atomic E-state index is 0. The number of rotatable bonds is 2. The van der Waals surface area contributed by atoms with Crippen LogP contribution in [0.3, 0.4) is 0 Å². The molecule has 0 radical (unpaired) electrons. The number of likely N-dealkylation sites (tertiary alicyclic amines) is 1. The SMILES string of the molecule is Cc1ccc(C(=O)N2CCC3(CCNC3)CC2)cc1NC(=O)NC(C)(C)C.Cl. The van der Waals surface area contributed by atoms with Gasteiger partial charge in [0.2, 0.25) is 0 Å². The molecule has 0 atom stereocenters. The summed E-state index contributed by atoms with van der Waals surface area (Å²) in [6.45, 7) is 11.5. The number of carbonyl (C=O) groups is 2. The molecular formula is C21H33ClN4O2. The van der Waals surface area contributed by atoms with Crippen LogP contribution in [0.4, 0.5) is 10.5 Å². The summed E-state index contributed by atoms with van der Waals surface area (Å²) in [5.74, 6) is 0.0510. The first-order valence-electron chi connectivity index (χ1n) is 9.87. The molecule has 2 saturated heterocycles. The zero-order valence-electron chi connectivity index (χ0n) is 17.4. The van der Waals surface area contributed by atoms with Crippen molar-refractivity contribution in [2.75, 3.05) is 31.5 Å². The van der Waals surface area contributed by atoms with Crippen molar-refractivity contribution in [2.24, 2.45) is 5.41 Å². The lowest BCUT2D eigenvalue weighted by Gasteiger charge is -2.39. The van der Waals surface area contributed by atoms with E-state index in [0.29, 0.717) is 16.7 Å². The Hall–Kier alpha value is -1.79. The van der Waals surface area contributed by atoms with Crippen molar-refractivity contribution in [2.45, 2.75) is 52.5 Å². The molecule has 0 unspecified atom stereocenters. The molecule has 156 valence electrons. The Bertz CT molecular complexity index is 714. The Morgan fingerprint density at radius 2 is 1.82 bits per heavy atom. The van der Waals surface area contributed by atoms with Crippen LogP contribution in [-0.2, 0) is 0 Å². The van der Waals surface area contributed by atoms with Gasteiger partial charge in [0.15, 0.2) is 0 Å². The third-order valence-electron chi connectivity index (χ3n) is 5.66. The van der Waals surface area contributed by atoms with E-state index in [2.05, 4.69) is 16.0 Å². The zero-order valence-corrected chi connectivity index (χ0v) is 18.2. The average Bonchev–Trinajstić information content (AvgIpc) is 3.03. The van der Waals surface area contributed by atoms with Crippen LogP contribution < -0.4 is 16.0 Å². The van der Waals surface area contributed by atoms with E-state index in [9.17, 15) is 9.59 Å². The second-order valence-corrected chi connectivity index (χ2v) is 9.08. The maximum absolute atomic E-state index is 13.0. The average molecular weight is 409 g/mol. The number of halogens is 1. The normalized spacial score (nSPS) is 18.5. The summed E-state index contributed by atoms with van der Waals surface area (Å²) in [4.78, 5) is 27.1. The number of hydrogen-bond acceptors (Lipinski definition) is 3. The minimum Gasteiger partial charge on any atom is -0.339 e. The molecule has 7 heteroatoms. The van der Waals surface area contributed by atoms with Gasteiger partial charge in [0.05, 0.1) is 0 Å². The monoisotopic (exact) mass is 408 g/mol. The maximum Gasteiger partial charge on any atom is 0.319 e. The number of carbonyl (C=O) groups excluding carboxylic acids is 2. The van der Waals surface area contributed by atoms with Crippen molar-refractivity contribution in [3.05, 3.63) is 29.3 Å². The maximum atomic E-state index is 13.0. The van der Waals surface area contributed by atoms with Gasteiger partial charge in [-0.15, -0.1) is 12.4 Å². The predicted octanol–water partition coefficient (Wildman–Crippen LogP) is 3.55. The first-order chi connectivity index (χ1) is 12.7. The first-order valence-corrected chi connectivity index (χ1v) is 9.87. The highest BCUT2D eigenvalue weighted by molar-refractivity contribution is 5.97. The number of nitrogens with zero attached hydrogens (tertiary/aromatic N) is 1. The Morgan fingerprint density at radius 1 is 1.14 bits per heavy atom. The molecule has 1 aromatic rings. The number of benzene rings is 1. The van der Waals surface area contributed by atoms with Crippen LogP contribution in [-0.4, -0.2) is 48.6 Å². The van der Waals surface area contributed by atoms with E-state index in [0.717, 1.165) is 44.6 Å². The number of aryl methyl sites for hydroxylation is 1. The van der Waals surface area contributed by atoms with Gasteiger partial charge in [0.1, 0.15) is 0 Å². The van der Waals surface area contributed by atoms with Crippen molar-refractivity contribution in [1.29, 1.82) is 0 Å². The van der Waals surface area contributed by atoms with Crippen molar-refractivity contribution in [1.82, 2.24) is 15.5 Å². The van der Waals surface area contributed by atoms with E-state index in [-0.39, 0.29) is 29.9 Å². The van der Waals surface area contributed by atoms with Crippen LogP contribution in [0.25, 0.3) is 0 Å². The summed E-state index contributed by atoms with van der Waals surface area (Å²) in [6, 6.07) is 5.28. The van der Waals surface area contributed by atoms with Crippen molar-refractivity contribution >= 4 is 30.0 Å². The van der Waals surface area contributed by atoms with E-state index in [1.807, 2.05) is 44.7 Å². The van der Waals surface area contributed by atoms with Gasteiger partial charge in [0, 0.05) is 36.4 Å². The molecule has 1 spiro atoms. The third-order valence-corrected chi connectivity index (χ3v) is 5.66. The molecule has 1 aromatic carbocycles. The van der Waals surface area contributed by atoms with Crippen LogP contribution >= 0.6 is 12.4 Å². The van der Waals surface area contributed by atoms with Crippen molar-refractivity contribution in [3.63, 3.8) is 0 Å². The van der Waals surface area contributed by atoms with Crippen LogP contribution in [0.1, 0.15) is 56.0 Å². The molecule has 6 nitrogen and oxygen atoms in total. The Kier molecular flexibility index (Phi) is 6.99. The molecular weight excluding hydrogens is 376 g/mol. The van der Waals surface area contributed by atoms with Crippen molar-refractivity contribution < 1.29 is 9.59 Å². The summed E-state index contributed by atoms with van der Waals surface area (Å²) < 4.78 is 0. The van der Waals surface area contributed by atoms with Crippen LogP contribution in [0.2, 0.25) is 0 Å². The lowest BCUT2D eigenvalue weighted by molar-refractivity contribution is 0.0607. The van der Waals surface area contributed by atoms with Gasteiger partial charge in [0.25, 0.3) is 5.91 Å². The lowest BCUT2D eigenvalue weighted by atomic mass is 9.78. The fourth-order valence-electron chi connectivity index (χ4n) is 3.97. The number of hydrogen-bond donors (Lipinski definition) is 3. The highest BCUT2D eigenvalue weighted by atomic mass is 35.5. The largest absolute Gasteiger partial charge is 0.339 e. The van der Waals surface area contributed by atoms with E-state index in [4.69, 9.17) is 0 Å². The standard InChI is InChI=1S/C21H32N4O2.ClH/c1-15-5-6-16(13-17(15)23-19(27)24-20(2,3)4)18(26)25-11-8-21(9-12-25)7-10-22-14-21;/h5-6,13,22H,7-12,14H2,1-4H3,(H2,23,24,27);1H. The summed E-state index contributed by atoms with van der Waals surface area (Å²) in [7, 11) is 0. The summed E-state index contributed by atoms with van der Waals surface area (Å²) in [6.07, 6.45) is 3.35. The van der Waals surface area contributed by atoms with Gasteiger partial charge in [-0.05, 0) is 76.6 Å². The molecule has 0 aliphatic carbocycles. The number of amides is 3. The molecule has 2 heterocycles. The van der Waals surface area contributed by atoms with Gasteiger partial charge in [-0.25, -0.2) is 4.79 Å². The number of piperidine rings is 1. The summed E-state index contributed by atoms with van der Waals surface area (Å²) >= 11 is 0. The zero-order chi connectivity index (χ0) is 19.7. The van der Waals surface area contributed by atoms with Gasteiger partial charge < -0.3 is 20.9 Å². The molecule has 3 rings (SSSR count). The number of anilines is 1. The van der Waals surface area contributed by atoms with E-state index in [1.165, 1.54) is 6.42 Å². The van der Waals surface area contributed by atoms with Gasteiger partial charge in [-0.1, -0.05) is 6.07 Å². The fourth-order valence-corrected chi connectivity index (χ4v) is 3.97. The topological polar surface area (TPSA) is 73.5 Å². The molecule has 3 amide bonds. The summed E-state index contributed by atoms with van der Waals surface area (Å²) in [5.41, 5.74) is 2.32. The van der Waals surface area contributed by atoms with Crippen LogP contribution in [0, 0.1) is 12.3 Å². The molecule has 0 aromatic heterocycles. The highest BCUT2D eigenvalue weighted by Crippen LogP contribution is 2.37. The van der Waals surface area contributed by atoms with E-state index in [1.54, 1.807) is 6.07 Å². The summed E-state index contributed by atoms with van der Waals surface area (Å²) in [5, 5.41) is 9.22. The van der Waals surface area contributed by atoms with Crippen LogP contribution in [0.15, 0.2) is 18.2 Å². The first kappa shape index (κ1) is 22.5. The molecule has 0 bridgehead atoms. The van der Waals surface area contributed by atoms with Crippen LogP contribution in [0.5, 0.6) is 0 Å². The third kappa shape index (κ3) is 5.39. The van der Waals surface area contributed by atoms with Gasteiger partial charge in [-0.3, -0.25) is 4.79 Å². The Morgan fingerprint density at radius 3 is 2.39 bits per heavy atom. The number of nitrogens with one attached hydrogen (secondary N) is 3. The number of urea groups is 1. The minimum atomic E-state index is -0.315. The second-order valence-electron chi connectivity index (χ2n) is 9.08. The van der Waals surface area contributed by atoms with E-state index >= 15 is 0 Å². The van der Waals surface area contributed by atoms with Crippen molar-refractivity contribution in [3.8, 4) is 0 Å². The quantitative estimate of drug-likeness (QED) is 0.700. The Balaban J connectivity index is 0.00000280. The molecule has 0 saturated carbocycles. The molecule has 2 fully saturated rings. The second kappa shape index (κ2) is 8.70. The van der Waals surface area contributed by atoms with Gasteiger partial charge in [-0.2, -0.15) is 0 Å². The van der Waals surface area contributed by atoms with Gasteiger partial charge >= 0.3 is 6.03 Å². The van der Waals surface area contributed by atoms with E-state index < -0.39 is 0 Å². The molecule has 3 N–H and O–H groups in total. The molecule has 2 aliphatic heterocycles.